The fraction of sp³-hybridized carbons (Fsp3) is 0.550. The van der Waals surface area contributed by atoms with Gasteiger partial charge in [-0.05, 0) is 31.4 Å². The summed E-state index contributed by atoms with van der Waals surface area (Å²) in [6.45, 7) is 2.08. The Kier molecular flexibility index (Phi) is 5.60. The van der Waals surface area contributed by atoms with Gasteiger partial charge in [-0.1, -0.05) is 31.7 Å². The van der Waals surface area contributed by atoms with Gasteiger partial charge < -0.3 is 5.32 Å². The van der Waals surface area contributed by atoms with Gasteiger partial charge in [0.15, 0.2) is 0 Å². The molecule has 2 aliphatic rings. The van der Waals surface area contributed by atoms with Crippen molar-refractivity contribution in [2.24, 2.45) is 0 Å². The summed E-state index contributed by atoms with van der Waals surface area (Å²) >= 11 is 1.47. The van der Waals surface area contributed by atoms with E-state index in [2.05, 4.69) is 20.2 Å². The van der Waals surface area contributed by atoms with Crippen LogP contribution in [-0.4, -0.2) is 45.9 Å². The van der Waals surface area contributed by atoms with Crippen LogP contribution in [0.25, 0.3) is 10.7 Å². The molecule has 26 heavy (non-hydrogen) atoms. The van der Waals surface area contributed by atoms with Crippen molar-refractivity contribution in [3.8, 4) is 10.7 Å². The molecule has 138 valence electrons. The van der Waals surface area contributed by atoms with Crippen molar-refractivity contribution in [2.75, 3.05) is 13.1 Å². The maximum Gasteiger partial charge on any atom is 0.271 e. The van der Waals surface area contributed by atoms with Crippen molar-refractivity contribution in [1.29, 1.82) is 0 Å². The SMILES string of the molecule is O=C(NC1CCN(C2CCCCCC2)C1)c1csc(-c2ccccn2)n1. The summed E-state index contributed by atoms with van der Waals surface area (Å²) in [6, 6.07) is 6.69. The van der Waals surface area contributed by atoms with Crippen LogP contribution in [0.15, 0.2) is 29.8 Å². The molecule has 0 spiro atoms. The molecule has 2 aromatic rings. The third-order valence-electron chi connectivity index (χ3n) is 5.52. The zero-order chi connectivity index (χ0) is 17.8. The third-order valence-corrected chi connectivity index (χ3v) is 6.38. The second kappa shape index (κ2) is 8.27. The van der Waals surface area contributed by atoms with Gasteiger partial charge in [0, 0.05) is 36.8 Å². The highest BCUT2D eigenvalue weighted by atomic mass is 32.1. The molecular weight excluding hydrogens is 344 g/mol. The predicted octanol–water partition coefficient (Wildman–Crippen LogP) is 3.73. The first-order valence-corrected chi connectivity index (χ1v) is 10.6. The topological polar surface area (TPSA) is 58.1 Å². The van der Waals surface area contributed by atoms with Crippen LogP contribution in [-0.2, 0) is 0 Å². The van der Waals surface area contributed by atoms with E-state index in [0.717, 1.165) is 36.3 Å². The minimum absolute atomic E-state index is 0.0591. The van der Waals surface area contributed by atoms with Crippen molar-refractivity contribution in [2.45, 2.75) is 57.0 Å². The Morgan fingerprint density at radius 2 is 2.00 bits per heavy atom. The zero-order valence-electron chi connectivity index (χ0n) is 15.1. The third kappa shape index (κ3) is 4.13. The van der Waals surface area contributed by atoms with E-state index in [4.69, 9.17) is 0 Å². The highest BCUT2D eigenvalue weighted by molar-refractivity contribution is 7.13. The number of carbonyl (C=O) groups excluding carboxylic acids is 1. The Balaban J connectivity index is 1.33. The van der Waals surface area contributed by atoms with Gasteiger partial charge in [-0.3, -0.25) is 14.7 Å². The molecule has 1 aliphatic heterocycles. The Bertz CT molecular complexity index is 724. The second-order valence-electron chi connectivity index (χ2n) is 7.35. The summed E-state index contributed by atoms with van der Waals surface area (Å²) in [7, 11) is 0. The fourth-order valence-electron chi connectivity index (χ4n) is 4.10. The van der Waals surface area contributed by atoms with Crippen LogP contribution < -0.4 is 5.32 Å². The molecule has 3 heterocycles. The molecule has 4 rings (SSSR count). The minimum atomic E-state index is -0.0591. The molecule has 0 aromatic carbocycles. The summed E-state index contributed by atoms with van der Waals surface area (Å²) in [4.78, 5) is 23.9. The van der Waals surface area contributed by atoms with E-state index in [-0.39, 0.29) is 11.9 Å². The number of nitrogens with zero attached hydrogens (tertiary/aromatic N) is 3. The molecular formula is C20H26N4OS. The van der Waals surface area contributed by atoms with Crippen LogP contribution in [0.2, 0.25) is 0 Å². The number of thiazole rings is 1. The number of hydrogen-bond donors (Lipinski definition) is 1. The molecule has 1 aliphatic carbocycles. The summed E-state index contributed by atoms with van der Waals surface area (Å²) in [5, 5.41) is 5.81. The summed E-state index contributed by atoms with van der Waals surface area (Å²) in [5.74, 6) is -0.0591. The Morgan fingerprint density at radius 3 is 2.77 bits per heavy atom. The monoisotopic (exact) mass is 370 g/mol. The molecule has 1 unspecified atom stereocenters. The molecule has 1 saturated heterocycles. The van der Waals surface area contributed by atoms with Crippen LogP contribution in [0, 0.1) is 0 Å². The molecule has 2 aromatic heterocycles. The van der Waals surface area contributed by atoms with Gasteiger partial charge in [0.1, 0.15) is 10.7 Å². The van der Waals surface area contributed by atoms with Gasteiger partial charge in [-0.15, -0.1) is 11.3 Å². The number of amides is 1. The van der Waals surface area contributed by atoms with Crippen molar-refractivity contribution in [3.63, 3.8) is 0 Å². The molecule has 1 amide bonds. The number of rotatable bonds is 4. The number of hydrogen-bond acceptors (Lipinski definition) is 5. The lowest BCUT2D eigenvalue weighted by Crippen LogP contribution is -2.39. The van der Waals surface area contributed by atoms with E-state index in [1.54, 1.807) is 6.20 Å². The maximum absolute atomic E-state index is 12.6. The fourth-order valence-corrected chi connectivity index (χ4v) is 4.88. The molecule has 2 fully saturated rings. The predicted molar refractivity (Wildman–Crippen MR) is 104 cm³/mol. The minimum Gasteiger partial charge on any atom is -0.347 e. The average Bonchev–Trinajstić information content (AvgIpc) is 3.26. The summed E-state index contributed by atoms with van der Waals surface area (Å²) in [5.41, 5.74) is 1.32. The van der Waals surface area contributed by atoms with E-state index in [1.165, 1.54) is 49.9 Å². The van der Waals surface area contributed by atoms with Gasteiger partial charge in [0.25, 0.3) is 5.91 Å². The van der Waals surface area contributed by atoms with Gasteiger partial charge in [-0.2, -0.15) is 0 Å². The lowest BCUT2D eigenvalue weighted by Gasteiger charge is -2.26. The first-order valence-electron chi connectivity index (χ1n) is 9.71. The lowest BCUT2D eigenvalue weighted by atomic mass is 10.1. The van der Waals surface area contributed by atoms with Gasteiger partial charge >= 0.3 is 0 Å². The smallest absolute Gasteiger partial charge is 0.271 e. The van der Waals surface area contributed by atoms with Crippen molar-refractivity contribution < 1.29 is 4.79 Å². The summed E-state index contributed by atoms with van der Waals surface area (Å²) in [6.07, 6.45) is 10.9. The van der Waals surface area contributed by atoms with Crippen molar-refractivity contribution in [1.82, 2.24) is 20.2 Å². The van der Waals surface area contributed by atoms with Crippen LogP contribution in [0.4, 0.5) is 0 Å². The van der Waals surface area contributed by atoms with E-state index >= 15 is 0 Å². The standard InChI is InChI=1S/C20H26N4OS/c25-19(18-14-26-20(23-18)17-9-5-6-11-21-17)22-15-10-12-24(13-15)16-7-3-1-2-4-8-16/h5-6,9,11,14-16H,1-4,7-8,10,12-13H2,(H,22,25). The maximum atomic E-state index is 12.6. The molecule has 5 nitrogen and oxygen atoms in total. The molecule has 0 radical (unpaired) electrons. The van der Waals surface area contributed by atoms with E-state index < -0.39 is 0 Å². The first-order chi connectivity index (χ1) is 12.8. The van der Waals surface area contributed by atoms with E-state index in [0.29, 0.717) is 5.69 Å². The molecule has 1 atom stereocenters. The Labute approximate surface area is 158 Å². The number of nitrogens with one attached hydrogen (secondary N) is 1. The van der Waals surface area contributed by atoms with Crippen LogP contribution >= 0.6 is 11.3 Å². The molecule has 0 bridgehead atoms. The van der Waals surface area contributed by atoms with Gasteiger partial charge in [0.05, 0.1) is 5.69 Å². The van der Waals surface area contributed by atoms with Crippen molar-refractivity contribution in [3.05, 3.63) is 35.5 Å². The van der Waals surface area contributed by atoms with Gasteiger partial charge in [0.2, 0.25) is 0 Å². The van der Waals surface area contributed by atoms with E-state index in [9.17, 15) is 4.79 Å². The highest BCUT2D eigenvalue weighted by Gasteiger charge is 2.29. The quantitative estimate of drug-likeness (QED) is 0.833. The Morgan fingerprint density at radius 1 is 1.15 bits per heavy atom. The van der Waals surface area contributed by atoms with Crippen molar-refractivity contribution >= 4 is 17.2 Å². The van der Waals surface area contributed by atoms with E-state index in [1.807, 2.05) is 23.6 Å². The van der Waals surface area contributed by atoms with Gasteiger partial charge in [-0.25, -0.2) is 4.98 Å². The summed E-state index contributed by atoms with van der Waals surface area (Å²) < 4.78 is 0. The molecule has 1 N–H and O–H groups in total. The van der Waals surface area contributed by atoms with Crippen LogP contribution in [0.1, 0.15) is 55.4 Å². The molecule has 6 heteroatoms. The lowest BCUT2D eigenvalue weighted by molar-refractivity contribution is 0.0931. The number of carbonyl (C=O) groups is 1. The largest absolute Gasteiger partial charge is 0.347 e. The number of likely N-dealkylation sites (tertiary alicyclic amines) is 1. The highest BCUT2D eigenvalue weighted by Crippen LogP contribution is 2.25. The zero-order valence-corrected chi connectivity index (χ0v) is 15.9. The number of pyridine rings is 1. The first kappa shape index (κ1) is 17.6. The van der Waals surface area contributed by atoms with Crippen LogP contribution in [0.3, 0.4) is 0 Å². The molecule has 1 saturated carbocycles. The second-order valence-corrected chi connectivity index (χ2v) is 8.21. The number of aromatic nitrogens is 2. The van der Waals surface area contributed by atoms with Crippen LogP contribution in [0.5, 0.6) is 0 Å². The normalized spacial score (nSPS) is 22.2. The Hall–Kier alpha value is -1.79. The average molecular weight is 371 g/mol.